The summed E-state index contributed by atoms with van der Waals surface area (Å²) in [5, 5.41) is 4.37. The monoisotopic (exact) mass is 413 g/mol. The maximum absolute atomic E-state index is 5.77. The molecule has 0 saturated carbocycles. The summed E-state index contributed by atoms with van der Waals surface area (Å²) in [5.41, 5.74) is 2.32. The van der Waals surface area contributed by atoms with Crippen LogP contribution in [0.4, 0.5) is 0 Å². The normalized spacial score (nSPS) is 23.0. The second-order valence-corrected chi connectivity index (χ2v) is 8.50. The molecule has 1 N–H and O–H groups in total. The van der Waals surface area contributed by atoms with Gasteiger partial charge in [0, 0.05) is 50.8 Å². The molecule has 2 aliphatic rings. The maximum Gasteiger partial charge on any atom is 0.170 e. The van der Waals surface area contributed by atoms with Crippen molar-refractivity contribution in [1.29, 1.82) is 0 Å². The number of aromatic nitrogens is 2. The average molecular weight is 414 g/mol. The fraction of sp³-hybridized carbons (Fsp3) is 0.545. The number of nitrogens with zero attached hydrogens (tertiary/aromatic N) is 4. The standard InChI is InChI=1S/C22H31N5OS/c1-17(2)26-11-7-18(16-26)21-20(19-6-3-4-8-23-19)24-22(29)27(21)10-5-9-25-12-14-28-15-13-25/h3-4,6-8,11,16-17,20-21H,5,9-10,12-15H2,1-2H3,(H,24,29)/t20-,21-/m1/s1. The van der Waals surface area contributed by atoms with Gasteiger partial charge in [0.15, 0.2) is 5.11 Å². The molecule has 7 heteroatoms. The van der Waals surface area contributed by atoms with Gasteiger partial charge in [-0.25, -0.2) is 0 Å². The Morgan fingerprint density at radius 1 is 1.21 bits per heavy atom. The van der Waals surface area contributed by atoms with Crippen LogP contribution in [-0.2, 0) is 4.74 Å². The van der Waals surface area contributed by atoms with Crippen LogP contribution in [0.15, 0.2) is 42.9 Å². The molecule has 2 atom stereocenters. The lowest BCUT2D eigenvalue weighted by Gasteiger charge is -2.30. The second kappa shape index (κ2) is 9.24. The van der Waals surface area contributed by atoms with Crippen LogP contribution in [0, 0.1) is 0 Å². The van der Waals surface area contributed by atoms with Crippen LogP contribution in [0.2, 0.25) is 0 Å². The predicted molar refractivity (Wildman–Crippen MR) is 119 cm³/mol. The van der Waals surface area contributed by atoms with E-state index in [0.717, 1.165) is 56.6 Å². The minimum atomic E-state index is 0.0649. The molecule has 2 aliphatic heterocycles. The van der Waals surface area contributed by atoms with Crippen molar-refractivity contribution in [2.24, 2.45) is 0 Å². The zero-order chi connectivity index (χ0) is 20.2. The summed E-state index contributed by atoms with van der Waals surface area (Å²) in [6.45, 7) is 10.2. The Kier molecular flexibility index (Phi) is 6.47. The molecule has 0 bridgehead atoms. The molecule has 0 aliphatic carbocycles. The van der Waals surface area contributed by atoms with Gasteiger partial charge < -0.3 is 19.5 Å². The highest BCUT2D eigenvalue weighted by molar-refractivity contribution is 7.80. The number of thiocarbonyl (C=S) groups is 1. The molecule has 2 aromatic rings. The zero-order valence-corrected chi connectivity index (χ0v) is 18.1. The molecule has 156 valence electrons. The van der Waals surface area contributed by atoms with Crippen molar-refractivity contribution in [3.8, 4) is 0 Å². The summed E-state index contributed by atoms with van der Waals surface area (Å²) in [4.78, 5) is 9.46. The number of rotatable bonds is 7. The van der Waals surface area contributed by atoms with Gasteiger partial charge in [-0.2, -0.15) is 0 Å². The van der Waals surface area contributed by atoms with Crippen molar-refractivity contribution < 1.29 is 4.74 Å². The molecule has 2 saturated heterocycles. The van der Waals surface area contributed by atoms with Crippen LogP contribution in [0.3, 0.4) is 0 Å². The lowest BCUT2D eigenvalue weighted by molar-refractivity contribution is 0.0365. The Balaban J connectivity index is 1.53. The highest BCUT2D eigenvalue weighted by Crippen LogP contribution is 2.38. The van der Waals surface area contributed by atoms with Gasteiger partial charge in [0.05, 0.1) is 31.0 Å². The molecule has 2 aromatic heterocycles. The Bertz CT molecular complexity index is 803. The highest BCUT2D eigenvalue weighted by Gasteiger charge is 2.39. The van der Waals surface area contributed by atoms with E-state index in [1.807, 2.05) is 18.3 Å². The number of hydrogen-bond acceptors (Lipinski definition) is 4. The van der Waals surface area contributed by atoms with Gasteiger partial charge in [-0.05, 0) is 56.2 Å². The van der Waals surface area contributed by atoms with Crippen molar-refractivity contribution in [3.63, 3.8) is 0 Å². The predicted octanol–water partition coefficient (Wildman–Crippen LogP) is 3.16. The van der Waals surface area contributed by atoms with Gasteiger partial charge in [0.2, 0.25) is 0 Å². The van der Waals surface area contributed by atoms with Gasteiger partial charge in [0.25, 0.3) is 0 Å². The molecule has 2 fully saturated rings. The quantitative estimate of drug-likeness (QED) is 0.704. The molecule has 0 unspecified atom stereocenters. The smallest absolute Gasteiger partial charge is 0.170 e. The average Bonchev–Trinajstić information content (AvgIpc) is 3.35. The van der Waals surface area contributed by atoms with Crippen molar-refractivity contribution in [2.75, 3.05) is 39.4 Å². The topological polar surface area (TPSA) is 45.6 Å². The van der Waals surface area contributed by atoms with Crippen molar-refractivity contribution in [2.45, 2.75) is 38.4 Å². The third-order valence-electron chi connectivity index (χ3n) is 5.85. The summed E-state index contributed by atoms with van der Waals surface area (Å²) in [7, 11) is 0. The van der Waals surface area contributed by atoms with E-state index in [1.54, 1.807) is 0 Å². The van der Waals surface area contributed by atoms with E-state index in [-0.39, 0.29) is 12.1 Å². The highest BCUT2D eigenvalue weighted by atomic mass is 32.1. The van der Waals surface area contributed by atoms with Crippen molar-refractivity contribution in [1.82, 2.24) is 24.7 Å². The van der Waals surface area contributed by atoms with Crippen LogP contribution >= 0.6 is 12.2 Å². The molecule has 4 rings (SSSR count). The number of pyridine rings is 1. The van der Waals surface area contributed by atoms with Crippen LogP contribution in [0.1, 0.15) is 49.7 Å². The van der Waals surface area contributed by atoms with Crippen LogP contribution in [0.25, 0.3) is 0 Å². The van der Waals surface area contributed by atoms with Crippen LogP contribution in [0.5, 0.6) is 0 Å². The molecular weight excluding hydrogens is 382 g/mol. The van der Waals surface area contributed by atoms with Crippen LogP contribution < -0.4 is 5.32 Å². The summed E-state index contributed by atoms with van der Waals surface area (Å²) < 4.78 is 7.73. The fourth-order valence-electron chi connectivity index (χ4n) is 4.23. The van der Waals surface area contributed by atoms with E-state index >= 15 is 0 Å². The van der Waals surface area contributed by atoms with Gasteiger partial charge in [-0.1, -0.05) is 6.07 Å². The Labute approximate surface area is 178 Å². The van der Waals surface area contributed by atoms with Crippen molar-refractivity contribution >= 4 is 17.3 Å². The Morgan fingerprint density at radius 3 is 2.72 bits per heavy atom. The third kappa shape index (κ3) is 4.63. The zero-order valence-electron chi connectivity index (χ0n) is 17.3. The minimum absolute atomic E-state index is 0.0649. The molecule has 0 radical (unpaired) electrons. The van der Waals surface area contributed by atoms with Gasteiger partial charge in [-0.3, -0.25) is 9.88 Å². The fourth-order valence-corrected chi connectivity index (χ4v) is 4.56. The summed E-state index contributed by atoms with van der Waals surface area (Å²) in [6.07, 6.45) is 7.37. The van der Waals surface area contributed by atoms with Gasteiger partial charge in [0.1, 0.15) is 0 Å². The summed E-state index contributed by atoms with van der Waals surface area (Å²) in [6, 6.07) is 8.98. The van der Waals surface area contributed by atoms with E-state index in [9.17, 15) is 0 Å². The molecule has 0 aromatic carbocycles. The molecule has 29 heavy (non-hydrogen) atoms. The first-order valence-electron chi connectivity index (χ1n) is 10.6. The molecule has 4 heterocycles. The largest absolute Gasteiger partial charge is 0.379 e. The van der Waals surface area contributed by atoms with Gasteiger partial charge >= 0.3 is 0 Å². The first-order chi connectivity index (χ1) is 14.1. The molecule has 6 nitrogen and oxygen atoms in total. The van der Waals surface area contributed by atoms with E-state index in [4.69, 9.17) is 17.0 Å². The minimum Gasteiger partial charge on any atom is -0.379 e. The lowest BCUT2D eigenvalue weighted by atomic mass is 9.99. The third-order valence-corrected chi connectivity index (χ3v) is 6.20. The van der Waals surface area contributed by atoms with E-state index < -0.39 is 0 Å². The Morgan fingerprint density at radius 2 is 2.03 bits per heavy atom. The lowest BCUT2D eigenvalue weighted by Crippen LogP contribution is -2.38. The van der Waals surface area contributed by atoms with Crippen molar-refractivity contribution in [3.05, 3.63) is 54.1 Å². The first kappa shape index (κ1) is 20.3. The Hall–Kier alpha value is -1.96. The van der Waals surface area contributed by atoms with Crippen LogP contribution in [-0.4, -0.2) is 63.9 Å². The SMILES string of the molecule is CC(C)n1ccc([C@@H]2[C@@H](c3ccccn3)NC(=S)N2CCCN2CCOCC2)c1. The summed E-state index contributed by atoms with van der Waals surface area (Å²) >= 11 is 5.77. The van der Waals surface area contributed by atoms with Gasteiger partial charge in [-0.15, -0.1) is 0 Å². The summed E-state index contributed by atoms with van der Waals surface area (Å²) in [5.74, 6) is 0. The van der Waals surface area contributed by atoms with E-state index in [2.05, 4.69) is 63.0 Å². The van der Waals surface area contributed by atoms with E-state index in [0.29, 0.717) is 6.04 Å². The molecular formula is C22H31N5OS. The number of morpholine rings is 1. The maximum atomic E-state index is 5.77. The number of nitrogens with one attached hydrogen (secondary N) is 1. The molecule has 0 amide bonds. The first-order valence-corrected chi connectivity index (χ1v) is 11.0. The second-order valence-electron chi connectivity index (χ2n) is 8.11. The number of hydrogen-bond donors (Lipinski definition) is 1. The number of ether oxygens (including phenoxy) is 1. The van der Waals surface area contributed by atoms with E-state index in [1.165, 1.54) is 5.56 Å². The molecule has 0 spiro atoms.